The fraction of sp³-hybridized carbons (Fsp3) is 0.787. The highest BCUT2D eigenvalue weighted by Gasteiger charge is 2.23. The van der Waals surface area contributed by atoms with Crippen molar-refractivity contribution in [2.24, 2.45) is 0 Å². The predicted octanol–water partition coefficient (Wildman–Crippen LogP) is 17.2. The molecule has 0 aromatic carbocycles. The Labute approximate surface area is 434 Å². The molecule has 0 saturated carbocycles. The molecule has 408 valence electrons. The minimum atomic E-state index is -4.61. The Kier molecular flexibility index (Phi) is 50.3. The number of allylic oxidation sites excluding steroid dienone is 11. The number of nitrogens with one attached hydrogen (secondary N) is 1. The van der Waals surface area contributed by atoms with Crippen molar-refractivity contribution in [3.05, 3.63) is 72.9 Å². The van der Waals surface area contributed by atoms with Crippen molar-refractivity contribution in [2.45, 2.75) is 270 Å². The first-order valence-corrected chi connectivity index (χ1v) is 30.8. The van der Waals surface area contributed by atoms with Crippen LogP contribution in [0.1, 0.15) is 258 Å². The highest BCUT2D eigenvalue weighted by Crippen LogP contribution is 2.38. The molecule has 3 atom stereocenters. The molecule has 0 saturated heterocycles. The van der Waals surface area contributed by atoms with Crippen LogP contribution in [0.2, 0.25) is 0 Å². The number of carbonyl (C=O) groups is 1. The number of unbranched alkanes of at least 4 members (excludes halogenated alkanes) is 30. The summed E-state index contributed by atoms with van der Waals surface area (Å²) in [4.78, 5) is 25.5. The number of phosphoric ester groups is 1. The Bertz CT molecular complexity index is 1370. The largest absolute Gasteiger partial charge is 0.756 e. The summed E-state index contributed by atoms with van der Waals surface area (Å²) < 4.78 is 23.3. The molecule has 0 aliphatic heterocycles. The monoisotopic (exact) mass is 1000 g/mol. The smallest absolute Gasteiger partial charge is 0.268 e. The molecule has 0 heterocycles. The van der Waals surface area contributed by atoms with Gasteiger partial charge in [0.2, 0.25) is 5.91 Å². The lowest BCUT2D eigenvalue weighted by Gasteiger charge is -2.29. The normalized spacial score (nSPS) is 14.4. The van der Waals surface area contributed by atoms with Crippen molar-refractivity contribution in [3.8, 4) is 0 Å². The molecule has 8 nitrogen and oxygen atoms in total. The summed E-state index contributed by atoms with van der Waals surface area (Å²) in [7, 11) is 1.23. The van der Waals surface area contributed by atoms with E-state index in [1.807, 2.05) is 27.2 Å². The number of rotatable bonds is 53. The van der Waals surface area contributed by atoms with Gasteiger partial charge in [-0.1, -0.05) is 241 Å². The molecule has 3 unspecified atom stereocenters. The molecule has 0 aliphatic carbocycles. The maximum absolute atomic E-state index is 13.0. The van der Waals surface area contributed by atoms with Crippen molar-refractivity contribution in [1.82, 2.24) is 5.32 Å². The zero-order chi connectivity index (χ0) is 51.3. The number of carbonyl (C=O) groups excluding carboxylic acids is 1. The van der Waals surface area contributed by atoms with Crippen molar-refractivity contribution in [1.29, 1.82) is 0 Å². The number of phosphoric acid groups is 1. The minimum absolute atomic E-state index is 0.0111. The number of likely N-dealkylation sites (N-methyl/N-ethyl adjacent to an activating group) is 1. The number of amides is 1. The zero-order valence-corrected chi connectivity index (χ0v) is 47.4. The molecule has 70 heavy (non-hydrogen) atoms. The van der Waals surface area contributed by atoms with E-state index < -0.39 is 26.6 Å². The van der Waals surface area contributed by atoms with E-state index >= 15 is 0 Å². The molecule has 9 heteroatoms. The van der Waals surface area contributed by atoms with Crippen LogP contribution < -0.4 is 10.2 Å². The summed E-state index contributed by atoms with van der Waals surface area (Å²) in [6.45, 7) is 4.62. The first kappa shape index (κ1) is 67.9. The van der Waals surface area contributed by atoms with Crippen LogP contribution in [0, 0.1) is 0 Å². The van der Waals surface area contributed by atoms with E-state index in [2.05, 4.69) is 79.9 Å². The molecule has 0 bridgehead atoms. The molecule has 0 fully saturated rings. The molecule has 0 aromatic heterocycles. The van der Waals surface area contributed by atoms with Gasteiger partial charge in [0.25, 0.3) is 7.82 Å². The summed E-state index contributed by atoms with van der Waals surface area (Å²) >= 11 is 0. The van der Waals surface area contributed by atoms with Gasteiger partial charge in [-0.3, -0.25) is 9.36 Å². The van der Waals surface area contributed by atoms with Gasteiger partial charge in [0.1, 0.15) is 13.2 Å². The van der Waals surface area contributed by atoms with Crippen LogP contribution in [0.3, 0.4) is 0 Å². The Hall–Kier alpha value is -2.06. The summed E-state index contributed by atoms with van der Waals surface area (Å²) in [5.41, 5.74) is 0. The molecular weight excluding hydrogens is 888 g/mol. The highest BCUT2D eigenvalue weighted by atomic mass is 31.2. The SMILES string of the molecule is CCCCCCC/C=C\C/C=C\C/C=C\CCCCCCCCCCCCCCCCC(=O)NC(COP(=O)([O-])OCC[N+](C)(C)C)C(O)/C=C/CC/C=C/CC/C=C/CCCCCCCCCCC. The van der Waals surface area contributed by atoms with E-state index in [1.165, 1.54) is 180 Å². The van der Waals surface area contributed by atoms with Crippen LogP contribution >= 0.6 is 7.82 Å². The Morgan fingerprint density at radius 2 is 0.843 bits per heavy atom. The summed E-state index contributed by atoms with van der Waals surface area (Å²) in [5, 5.41) is 13.9. The van der Waals surface area contributed by atoms with Crippen LogP contribution in [0.15, 0.2) is 72.9 Å². The molecule has 2 N–H and O–H groups in total. The number of aliphatic hydroxyl groups excluding tert-OH is 1. The average molecular weight is 1000 g/mol. The van der Waals surface area contributed by atoms with E-state index in [1.54, 1.807) is 6.08 Å². The van der Waals surface area contributed by atoms with Crippen LogP contribution in [0.4, 0.5) is 0 Å². The fourth-order valence-corrected chi connectivity index (χ4v) is 8.97. The predicted molar refractivity (Wildman–Crippen MR) is 302 cm³/mol. The van der Waals surface area contributed by atoms with E-state index in [0.717, 1.165) is 57.8 Å². The van der Waals surface area contributed by atoms with Crippen LogP contribution in [0.5, 0.6) is 0 Å². The third kappa shape index (κ3) is 53.7. The fourth-order valence-electron chi connectivity index (χ4n) is 8.25. The maximum Gasteiger partial charge on any atom is 0.268 e. The summed E-state index contributed by atoms with van der Waals surface area (Å²) in [6.07, 6.45) is 71.2. The third-order valence-corrected chi connectivity index (χ3v) is 13.8. The summed E-state index contributed by atoms with van der Waals surface area (Å²) in [6, 6.07) is -0.913. The lowest BCUT2D eigenvalue weighted by molar-refractivity contribution is -0.870. The second-order valence-electron chi connectivity index (χ2n) is 21.0. The average Bonchev–Trinajstić information content (AvgIpc) is 3.32. The van der Waals surface area contributed by atoms with E-state index in [0.29, 0.717) is 17.4 Å². The topological polar surface area (TPSA) is 108 Å². The van der Waals surface area contributed by atoms with Gasteiger partial charge in [-0.05, 0) is 83.5 Å². The van der Waals surface area contributed by atoms with Gasteiger partial charge in [-0.15, -0.1) is 0 Å². The quantitative estimate of drug-likeness (QED) is 0.0272. The van der Waals surface area contributed by atoms with E-state index in [-0.39, 0.29) is 12.5 Å². The van der Waals surface area contributed by atoms with E-state index in [4.69, 9.17) is 9.05 Å². The highest BCUT2D eigenvalue weighted by molar-refractivity contribution is 7.45. The first-order valence-electron chi connectivity index (χ1n) is 29.3. The van der Waals surface area contributed by atoms with Crippen LogP contribution in [-0.4, -0.2) is 68.5 Å². The first-order chi connectivity index (χ1) is 34.0. The van der Waals surface area contributed by atoms with E-state index in [9.17, 15) is 19.4 Å². The molecule has 0 spiro atoms. The van der Waals surface area contributed by atoms with Gasteiger partial charge in [0, 0.05) is 6.42 Å². The van der Waals surface area contributed by atoms with Crippen molar-refractivity contribution in [2.75, 3.05) is 40.9 Å². The molecule has 1 amide bonds. The lowest BCUT2D eigenvalue weighted by Crippen LogP contribution is -2.45. The molecule has 0 aliphatic rings. The van der Waals surface area contributed by atoms with Gasteiger partial charge >= 0.3 is 0 Å². The molecule has 0 rings (SSSR count). The molecular formula is C61H113N2O6P. The molecule has 0 aromatic rings. The number of quaternary nitrogens is 1. The number of hydrogen-bond donors (Lipinski definition) is 2. The Morgan fingerprint density at radius 3 is 1.26 bits per heavy atom. The van der Waals surface area contributed by atoms with Crippen molar-refractivity contribution in [3.63, 3.8) is 0 Å². The second-order valence-corrected chi connectivity index (χ2v) is 22.4. The van der Waals surface area contributed by atoms with Gasteiger partial charge in [-0.25, -0.2) is 0 Å². The Balaban J connectivity index is 4.22. The summed E-state index contributed by atoms with van der Waals surface area (Å²) in [5.74, 6) is -0.212. The van der Waals surface area contributed by atoms with Crippen molar-refractivity contribution >= 4 is 13.7 Å². The van der Waals surface area contributed by atoms with Gasteiger partial charge in [0.15, 0.2) is 0 Å². The number of nitrogens with zero attached hydrogens (tertiary/aromatic N) is 1. The second kappa shape index (κ2) is 51.8. The Morgan fingerprint density at radius 1 is 0.500 bits per heavy atom. The zero-order valence-electron chi connectivity index (χ0n) is 46.5. The van der Waals surface area contributed by atoms with Gasteiger partial charge in [0.05, 0.1) is 39.9 Å². The van der Waals surface area contributed by atoms with Crippen molar-refractivity contribution < 1.29 is 32.9 Å². The minimum Gasteiger partial charge on any atom is -0.756 e. The lowest BCUT2D eigenvalue weighted by atomic mass is 10.0. The third-order valence-electron chi connectivity index (χ3n) is 12.9. The number of aliphatic hydroxyl groups is 1. The molecule has 0 radical (unpaired) electrons. The van der Waals surface area contributed by atoms with Crippen LogP contribution in [-0.2, 0) is 18.4 Å². The maximum atomic E-state index is 13.0. The standard InChI is InChI=1S/C61H113N2O6P/c1-6-8-10-12-14-16-18-20-22-24-26-27-28-29-30-31-32-33-34-35-37-39-41-43-45-47-49-51-53-55-61(65)62-59(58-69-70(66,67)68-57-56-63(3,4)5)60(64)54-52-50-48-46-44-42-40-38-36-25-23-21-19-17-15-13-11-9-7-2/h18,20,24,26,28-29,36,38,44,46,52,54,59-60,64H,6-17,19,21-23,25,27,30-35,37,39-43,45,47-51,53,55-58H2,1-5H3,(H-,62,65,66,67)/b20-18-,26-24-,29-28-,38-36+,46-44+,54-52+. The van der Waals surface area contributed by atoms with Gasteiger partial charge < -0.3 is 28.8 Å². The van der Waals surface area contributed by atoms with Gasteiger partial charge in [-0.2, -0.15) is 0 Å². The number of hydrogen-bond acceptors (Lipinski definition) is 6. The van der Waals surface area contributed by atoms with Crippen LogP contribution in [0.25, 0.3) is 0 Å².